The molecule has 0 radical (unpaired) electrons. The smallest absolute Gasteiger partial charge is 0.288 e. The maximum absolute atomic E-state index is 12.6. The average molecular weight is 311 g/mol. The van der Waals surface area contributed by atoms with Crippen molar-refractivity contribution in [2.24, 2.45) is 11.8 Å². The molecule has 2 rings (SSSR count). The molecule has 1 aromatic carbocycles. The highest BCUT2D eigenvalue weighted by Gasteiger charge is 2.33. The summed E-state index contributed by atoms with van der Waals surface area (Å²) in [5, 5.41) is 11.0. The van der Waals surface area contributed by atoms with Crippen LogP contribution in [0.3, 0.4) is 0 Å². The van der Waals surface area contributed by atoms with E-state index in [0.717, 1.165) is 6.42 Å². The average Bonchev–Trinajstić information content (AvgIpc) is 2.42. The fourth-order valence-electron chi connectivity index (χ4n) is 2.93. The Bertz CT molecular complexity index is 576. The molecule has 1 aliphatic heterocycles. The minimum atomic E-state index is -0.565. The quantitative estimate of drug-likeness (QED) is 0.617. The Morgan fingerprint density at radius 2 is 2.05 bits per heavy atom. The predicted octanol–water partition coefficient (Wildman–Crippen LogP) is 3.75. The van der Waals surface area contributed by atoms with Crippen LogP contribution in [0.15, 0.2) is 18.2 Å². The molecular weight excluding hydrogens is 292 g/mol. The lowest BCUT2D eigenvalue weighted by atomic mass is 9.85. The van der Waals surface area contributed by atoms with Gasteiger partial charge in [0.05, 0.1) is 4.92 Å². The van der Waals surface area contributed by atoms with Gasteiger partial charge in [0, 0.05) is 24.2 Å². The maximum Gasteiger partial charge on any atom is 0.288 e. The van der Waals surface area contributed by atoms with Crippen molar-refractivity contribution >= 4 is 23.2 Å². The molecule has 1 aromatic rings. The summed E-state index contributed by atoms with van der Waals surface area (Å²) in [6.45, 7) is 6.96. The number of likely N-dealkylation sites (tertiary alicyclic amines) is 1. The van der Waals surface area contributed by atoms with Crippen LogP contribution in [-0.2, 0) is 0 Å². The number of amides is 1. The molecule has 1 aliphatic rings. The first-order chi connectivity index (χ1) is 9.81. The van der Waals surface area contributed by atoms with Crippen LogP contribution in [0.4, 0.5) is 5.69 Å². The first-order valence-corrected chi connectivity index (χ1v) is 7.44. The summed E-state index contributed by atoms with van der Waals surface area (Å²) < 4.78 is 0. The molecule has 1 fully saturated rings. The molecule has 0 spiro atoms. The number of nitro benzene ring substituents is 1. The zero-order valence-electron chi connectivity index (χ0n) is 12.4. The van der Waals surface area contributed by atoms with Gasteiger partial charge >= 0.3 is 0 Å². The van der Waals surface area contributed by atoms with Gasteiger partial charge in [-0.1, -0.05) is 25.4 Å². The van der Waals surface area contributed by atoms with Crippen LogP contribution in [0, 0.1) is 22.0 Å². The number of hydrogen-bond donors (Lipinski definition) is 0. The monoisotopic (exact) mass is 310 g/mol. The van der Waals surface area contributed by atoms with Crippen LogP contribution in [0.25, 0.3) is 0 Å². The Kier molecular flexibility index (Phi) is 4.52. The third-order valence-corrected chi connectivity index (χ3v) is 4.57. The van der Waals surface area contributed by atoms with Gasteiger partial charge in [-0.25, -0.2) is 0 Å². The van der Waals surface area contributed by atoms with Gasteiger partial charge in [0.2, 0.25) is 0 Å². The van der Waals surface area contributed by atoms with Crippen LogP contribution in [0.1, 0.15) is 37.6 Å². The highest BCUT2D eigenvalue weighted by molar-refractivity contribution is 6.32. The van der Waals surface area contributed by atoms with E-state index in [1.165, 1.54) is 12.1 Å². The molecule has 0 aliphatic carbocycles. The summed E-state index contributed by atoms with van der Waals surface area (Å²) in [4.78, 5) is 24.8. The number of nitrogens with zero attached hydrogens (tertiary/aromatic N) is 2. The molecule has 1 amide bonds. The molecule has 6 heteroatoms. The van der Waals surface area contributed by atoms with E-state index in [1.54, 1.807) is 6.07 Å². The zero-order chi connectivity index (χ0) is 15.7. The Balaban J connectivity index is 2.31. The van der Waals surface area contributed by atoms with Crippen LogP contribution in [0.2, 0.25) is 5.02 Å². The van der Waals surface area contributed by atoms with E-state index in [4.69, 9.17) is 11.6 Å². The zero-order valence-corrected chi connectivity index (χ0v) is 13.1. The maximum atomic E-state index is 12.6. The van der Waals surface area contributed by atoms with Crippen molar-refractivity contribution in [2.75, 3.05) is 6.54 Å². The lowest BCUT2D eigenvalue weighted by Crippen LogP contribution is -2.48. The van der Waals surface area contributed by atoms with Gasteiger partial charge in [-0.2, -0.15) is 0 Å². The van der Waals surface area contributed by atoms with E-state index in [1.807, 2.05) is 11.8 Å². The topological polar surface area (TPSA) is 63.5 Å². The van der Waals surface area contributed by atoms with Crippen LogP contribution >= 0.6 is 11.6 Å². The normalized spacial score (nSPS) is 25.7. The second kappa shape index (κ2) is 6.02. The van der Waals surface area contributed by atoms with Crippen LogP contribution < -0.4 is 0 Å². The van der Waals surface area contributed by atoms with Gasteiger partial charge in [-0.05, 0) is 37.3 Å². The Labute approximate surface area is 129 Å². The number of rotatable bonds is 2. The fraction of sp³-hybridized carbons (Fsp3) is 0.533. The van der Waals surface area contributed by atoms with Crippen molar-refractivity contribution < 1.29 is 9.72 Å². The predicted molar refractivity (Wildman–Crippen MR) is 81.5 cm³/mol. The number of hydrogen-bond acceptors (Lipinski definition) is 3. The molecule has 0 bridgehead atoms. The molecule has 5 nitrogen and oxygen atoms in total. The summed E-state index contributed by atoms with van der Waals surface area (Å²) in [5.41, 5.74) is 0.0903. The Morgan fingerprint density at radius 1 is 1.38 bits per heavy atom. The molecule has 3 unspecified atom stereocenters. The first-order valence-electron chi connectivity index (χ1n) is 7.06. The van der Waals surface area contributed by atoms with E-state index in [9.17, 15) is 14.9 Å². The molecule has 0 N–H and O–H groups in total. The summed E-state index contributed by atoms with van der Waals surface area (Å²) in [6.07, 6.45) is 1.09. The molecule has 1 heterocycles. The SMILES string of the molecule is CC1CC(C)C(C)N(C(=O)c2ccc(Cl)c([N+](=O)[O-])c2)C1. The minimum absolute atomic E-state index is 0.0463. The van der Waals surface area contributed by atoms with Crippen LogP contribution in [-0.4, -0.2) is 28.3 Å². The highest BCUT2D eigenvalue weighted by Crippen LogP contribution is 2.30. The highest BCUT2D eigenvalue weighted by atomic mass is 35.5. The largest absolute Gasteiger partial charge is 0.335 e. The minimum Gasteiger partial charge on any atom is -0.335 e. The Morgan fingerprint density at radius 3 is 2.67 bits per heavy atom. The molecule has 0 saturated carbocycles. The number of carbonyl (C=O) groups excluding carboxylic acids is 1. The van der Waals surface area contributed by atoms with Gasteiger partial charge in [0.1, 0.15) is 5.02 Å². The van der Waals surface area contributed by atoms with Crippen molar-refractivity contribution in [1.29, 1.82) is 0 Å². The summed E-state index contributed by atoms with van der Waals surface area (Å²) in [6, 6.07) is 4.35. The number of benzene rings is 1. The van der Waals surface area contributed by atoms with Crippen LogP contribution in [0.5, 0.6) is 0 Å². The van der Waals surface area contributed by atoms with Gasteiger partial charge in [-0.3, -0.25) is 14.9 Å². The van der Waals surface area contributed by atoms with Crippen molar-refractivity contribution in [2.45, 2.75) is 33.2 Å². The first kappa shape index (κ1) is 15.8. The number of halogens is 1. The third kappa shape index (κ3) is 3.18. The number of carbonyl (C=O) groups is 1. The fourth-order valence-corrected chi connectivity index (χ4v) is 3.12. The van der Waals surface area contributed by atoms with Gasteiger partial charge < -0.3 is 4.90 Å². The van der Waals surface area contributed by atoms with E-state index in [2.05, 4.69) is 13.8 Å². The van der Waals surface area contributed by atoms with Crippen molar-refractivity contribution in [1.82, 2.24) is 4.90 Å². The van der Waals surface area contributed by atoms with E-state index < -0.39 is 4.92 Å². The molecule has 0 aromatic heterocycles. The van der Waals surface area contributed by atoms with Crippen molar-refractivity contribution in [3.8, 4) is 0 Å². The third-order valence-electron chi connectivity index (χ3n) is 4.25. The summed E-state index contributed by atoms with van der Waals surface area (Å²) in [5.74, 6) is 0.683. The Hall–Kier alpha value is -1.62. The lowest BCUT2D eigenvalue weighted by Gasteiger charge is -2.41. The molecule has 1 saturated heterocycles. The van der Waals surface area contributed by atoms with E-state index in [0.29, 0.717) is 23.9 Å². The second-order valence-electron chi connectivity index (χ2n) is 5.94. The summed E-state index contributed by atoms with van der Waals surface area (Å²) in [7, 11) is 0. The second-order valence-corrected chi connectivity index (χ2v) is 6.35. The van der Waals surface area contributed by atoms with Gasteiger partial charge in [0.15, 0.2) is 0 Å². The standard InChI is InChI=1S/C15H19ClN2O3/c1-9-6-10(2)11(3)17(8-9)15(19)12-4-5-13(16)14(7-12)18(20)21/h4-5,7,9-11H,6,8H2,1-3H3. The summed E-state index contributed by atoms with van der Waals surface area (Å²) >= 11 is 5.79. The molecule has 3 atom stereocenters. The van der Waals surface area contributed by atoms with E-state index >= 15 is 0 Å². The number of nitro groups is 1. The molecular formula is C15H19ClN2O3. The van der Waals surface area contributed by atoms with Gasteiger partial charge in [-0.15, -0.1) is 0 Å². The lowest BCUT2D eigenvalue weighted by molar-refractivity contribution is -0.384. The van der Waals surface area contributed by atoms with Crippen molar-refractivity contribution in [3.05, 3.63) is 38.9 Å². The van der Waals surface area contributed by atoms with Gasteiger partial charge in [0.25, 0.3) is 11.6 Å². The molecule has 114 valence electrons. The number of piperidine rings is 1. The van der Waals surface area contributed by atoms with E-state index in [-0.39, 0.29) is 22.7 Å². The van der Waals surface area contributed by atoms with Crippen molar-refractivity contribution in [3.63, 3.8) is 0 Å². The molecule has 21 heavy (non-hydrogen) atoms.